The van der Waals surface area contributed by atoms with E-state index in [-0.39, 0.29) is 18.4 Å². The standard InChI is InChI=1S/C24H17FN4O3S/c1-13-10-19(18-11-14(25)6-7-20(18)27-13)21(30)28-24-26-12-15(33-24)8-9-29-22(31)16-4-2-3-5-17(16)23(29)32/h2-7,10-12H,8-9H2,1H3,(H,26,28,30). The monoisotopic (exact) mass is 460 g/mol. The molecule has 0 aliphatic carbocycles. The molecule has 1 aliphatic rings. The summed E-state index contributed by atoms with van der Waals surface area (Å²) in [5, 5.41) is 3.54. The molecule has 9 heteroatoms. The third-order valence-corrected chi connectivity index (χ3v) is 6.35. The van der Waals surface area contributed by atoms with Gasteiger partial charge in [0.1, 0.15) is 5.82 Å². The van der Waals surface area contributed by atoms with Gasteiger partial charge in [-0.25, -0.2) is 9.37 Å². The zero-order valence-corrected chi connectivity index (χ0v) is 18.3. The SMILES string of the molecule is Cc1cc(C(=O)Nc2ncc(CCN3C(=O)c4ccccc4C3=O)s2)c2cc(F)ccc2n1. The lowest BCUT2D eigenvalue weighted by Gasteiger charge is -2.12. The summed E-state index contributed by atoms with van der Waals surface area (Å²) in [5.74, 6) is -1.48. The van der Waals surface area contributed by atoms with E-state index in [1.54, 1.807) is 43.5 Å². The number of hydrogen-bond acceptors (Lipinski definition) is 6. The topological polar surface area (TPSA) is 92.3 Å². The fraction of sp³-hybridized carbons (Fsp3) is 0.125. The Morgan fingerprint density at radius 2 is 1.82 bits per heavy atom. The number of aromatic nitrogens is 2. The molecule has 0 radical (unpaired) electrons. The molecule has 33 heavy (non-hydrogen) atoms. The van der Waals surface area contributed by atoms with Crippen LogP contribution in [0.25, 0.3) is 10.9 Å². The van der Waals surface area contributed by atoms with Gasteiger partial charge >= 0.3 is 0 Å². The molecule has 1 aliphatic heterocycles. The van der Waals surface area contributed by atoms with Gasteiger partial charge in [0.2, 0.25) is 0 Å². The summed E-state index contributed by atoms with van der Waals surface area (Å²) in [6.07, 6.45) is 2.02. The van der Waals surface area contributed by atoms with Crippen LogP contribution in [0.5, 0.6) is 0 Å². The van der Waals surface area contributed by atoms with Crippen molar-refractivity contribution < 1.29 is 18.8 Å². The Labute approximate surface area is 191 Å². The smallest absolute Gasteiger partial charge is 0.261 e. The molecule has 0 spiro atoms. The van der Waals surface area contributed by atoms with Crippen LogP contribution in [0.1, 0.15) is 41.6 Å². The number of carbonyl (C=O) groups is 3. The van der Waals surface area contributed by atoms with Crippen LogP contribution < -0.4 is 5.32 Å². The number of fused-ring (bicyclic) bond motifs is 2. The quantitative estimate of drug-likeness (QED) is 0.450. The largest absolute Gasteiger partial charge is 0.298 e. The summed E-state index contributed by atoms with van der Waals surface area (Å²) < 4.78 is 13.7. The van der Waals surface area contributed by atoms with Crippen molar-refractivity contribution in [2.75, 3.05) is 11.9 Å². The lowest BCUT2D eigenvalue weighted by molar-refractivity contribution is 0.0656. The zero-order chi connectivity index (χ0) is 23.1. The highest BCUT2D eigenvalue weighted by atomic mass is 32.1. The second-order valence-electron chi connectivity index (χ2n) is 7.62. The number of anilines is 1. The van der Waals surface area contributed by atoms with Gasteiger partial charge in [0.05, 0.1) is 22.2 Å². The van der Waals surface area contributed by atoms with Crippen LogP contribution in [0, 0.1) is 12.7 Å². The van der Waals surface area contributed by atoms with Crippen molar-refractivity contribution in [3.63, 3.8) is 0 Å². The molecule has 0 saturated carbocycles. The van der Waals surface area contributed by atoms with Crippen LogP contribution in [0.15, 0.2) is 54.7 Å². The minimum atomic E-state index is -0.452. The van der Waals surface area contributed by atoms with Crippen LogP contribution in [-0.4, -0.2) is 39.1 Å². The summed E-state index contributed by atoms with van der Waals surface area (Å²) in [6.45, 7) is 1.98. The van der Waals surface area contributed by atoms with Crippen LogP contribution in [0.3, 0.4) is 0 Å². The number of pyridine rings is 1. The Morgan fingerprint density at radius 1 is 1.09 bits per heavy atom. The van der Waals surface area contributed by atoms with E-state index in [4.69, 9.17) is 0 Å². The predicted molar refractivity (Wildman–Crippen MR) is 122 cm³/mol. The number of halogens is 1. The van der Waals surface area contributed by atoms with Gasteiger partial charge in [0, 0.05) is 35.1 Å². The Kier molecular flexibility index (Phi) is 5.18. The first-order valence-corrected chi connectivity index (χ1v) is 11.0. The summed E-state index contributed by atoms with van der Waals surface area (Å²) in [6, 6.07) is 12.5. The van der Waals surface area contributed by atoms with E-state index in [1.807, 2.05) is 0 Å². The van der Waals surface area contributed by atoms with E-state index in [9.17, 15) is 18.8 Å². The van der Waals surface area contributed by atoms with Crippen molar-refractivity contribution >= 4 is 45.1 Å². The van der Waals surface area contributed by atoms with Gasteiger partial charge in [-0.3, -0.25) is 29.6 Å². The van der Waals surface area contributed by atoms with Gasteiger partial charge in [-0.05, 0) is 43.3 Å². The fourth-order valence-corrected chi connectivity index (χ4v) is 4.62. The van der Waals surface area contributed by atoms with Gasteiger partial charge in [-0.1, -0.05) is 12.1 Å². The molecule has 2 aromatic heterocycles. The molecule has 0 unspecified atom stereocenters. The van der Waals surface area contributed by atoms with Crippen LogP contribution in [0.2, 0.25) is 0 Å². The van der Waals surface area contributed by atoms with Gasteiger partial charge in [-0.15, -0.1) is 11.3 Å². The maximum atomic E-state index is 13.7. The molecule has 5 rings (SSSR count). The Hall–Kier alpha value is -3.98. The van der Waals surface area contributed by atoms with Gasteiger partial charge in [0.25, 0.3) is 17.7 Å². The van der Waals surface area contributed by atoms with Crippen molar-refractivity contribution in [2.45, 2.75) is 13.3 Å². The van der Waals surface area contributed by atoms with E-state index in [0.29, 0.717) is 44.8 Å². The molecule has 1 N–H and O–H groups in total. The zero-order valence-electron chi connectivity index (χ0n) is 17.5. The van der Waals surface area contributed by atoms with Gasteiger partial charge in [-0.2, -0.15) is 0 Å². The first kappa shape index (κ1) is 20.9. The van der Waals surface area contributed by atoms with Crippen LogP contribution >= 0.6 is 11.3 Å². The molecule has 0 atom stereocenters. The molecule has 7 nitrogen and oxygen atoms in total. The first-order valence-electron chi connectivity index (χ1n) is 10.2. The highest BCUT2D eigenvalue weighted by Crippen LogP contribution is 2.26. The van der Waals surface area contributed by atoms with Crippen molar-refractivity contribution in [2.24, 2.45) is 0 Å². The van der Waals surface area contributed by atoms with E-state index < -0.39 is 11.7 Å². The number of imide groups is 1. The van der Waals surface area contributed by atoms with Crippen LogP contribution in [0.4, 0.5) is 9.52 Å². The Morgan fingerprint density at radius 3 is 2.55 bits per heavy atom. The Balaban J connectivity index is 1.29. The molecular weight excluding hydrogens is 443 g/mol. The molecule has 4 aromatic rings. The summed E-state index contributed by atoms with van der Waals surface area (Å²) in [5.41, 5.74) is 2.30. The molecule has 0 fully saturated rings. The minimum Gasteiger partial charge on any atom is -0.298 e. The van der Waals surface area contributed by atoms with E-state index in [0.717, 1.165) is 4.88 Å². The van der Waals surface area contributed by atoms with Crippen LogP contribution in [-0.2, 0) is 6.42 Å². The maximum Gasteiger partial charge on any atom is 0.261 e. The van der Waals surface area contributed by atoms with Gasteiger partial charge in [0.15, 0.2) is 5.13 Å². The van der Waals surface area contributed by atoms with Crippen molar-refractivity contribution in [3.8, 4) is 0 Å². The van der Waals surface area contributed by atoms with Crippen molar-refractivity contribution in [1.82, 2.24) is 14.9 Å². The summed E-state index contributed by atoms with van der Waals surface area (Å²) >= 11 is 1.26. The first-order chi connectivity index (χ1) is 15.9. The maximum absolute atomic E-state index is 13.7. The molecule has 0 saturated heterocycles. The van der Waals surface area contributed by atoms with Crippen molar-refractivity contribution in [1.29, 1.82) is 0 Å². The number of nitrogens with zero attached hydrogens (tertiary/aromatic N) is 3. The lowest BCUT2D eigenvalue weighted by Crippen LogP contribution is -2.31. The normalized spacial score (nSPS) is 13.0. The summed E-state index contributed by atoms with van der Waals surface area (Å²) in [4.78, 5) is 48.5. The average molecular weight is 460 g/mol. The number of thiazole rings is 1. The highest BCUT2D eigenvalue weighted by Gasteiger charge is 2.34. The lowest BCUT2D eigenvalue weighted by atomic mass is 10.1. The Bertz CT molecular complexity index is 1410. The minimum absolute atomic E-state index is 0.218. The third kappa shape index (κ3) is 3.87. The number of carbonyl (C=O) groups excluding carboxylic acids is 3. The molecule has 3 amide bonds. The predicted octanol–water partition coefficient (Wildman–Crippen LogP) is 4.23. The molecule has 3 heterocycles. The van der Waals surface area contributed by atoms with Gasteiger partial charge < -0.3 is 0 Å². The van der Waals surface area contributed by atoms with E-state index in [2.05, 4.69) is 15.3 Å². The third-order valence-electron chi connectivity index (χ3n) is 5.38. The number of hydrogen-bond donors (Lipinski definition) is 1. The number of rotatable bonds is 5. The molecular formula is C24H17FN4O3S. The number of aryl methyl sites for hydroxylation is 1. The van der Waals surface area contributed by atoms with Crippen molar-refractivity contribution in [3.05, 3.63) is 87.8 Å². The molecule has 0 bridgehead atoms. The second kappa shape index (κ2) is 8.18. The highest BCUT2D eigenvalue weighted by molar-refractivity contribution is 7.15. The van der Waals surface area contributed by atoms with E-state index >= 15 is 0 Å². The average Bonchev–Trinajstić information content (AvgIpc) is 3.34. The number of nitrogens with one attached hydrogen (secondary N) is 1. The second-order valence-corrected chi connectivity index (χ2v) is 8.73. The molecule has 164 valence electrons. The summed E-state index contributed by atoms with van der Waals surface area (Å²) in [7, 11) is 0. The fourth-order valence-electron chi connectivity index (χ4n) is 3.83. The number of benzene rings is 2. The number of amides is 3. The molecule has 2 aromatic carbocycles. The van der Waals surface area contributed by atoms with E-state index in [1.165, 1.54) is 34.4 Å².